The first-order valence-electron chi connectivity index (χ1n) is 9.73. The number of hydrogen-bond acceptors (Lipinski definition) is 2. The number of rotatable bonds is 5. The quantitative estimate of drug-likeness (QED) is 0.472. The molecule has 0 aliphatic rings. The van der Waals surface area contributed by atoms with Gasteiger partial charge in [0, 0.05) is 5.69 Å². The third-order valence-electron chi connectivity index (χ3n) is 5.11. The van der Waals surface area contributed by atoms with Gasteiger partial charge in [-0.15, -0.1) is 0 Å². The fourth-order valence-electron chi connectivity index (χ4n) is 3.53. The SMILES string of the molecule is Cc1cccc(N)c1Nc1c(C(C)C)cc(-c2ccccc2)cc1C(C)C. The number of nitrogen functional groups attached to an aromatic ring is 1. The van der Waals surface area contributed by atoms with E-state index in [4.69, 9.17) is 5.73 Å². The topological polar surface area (TPSA) is 38.0 Å². The van der Waals surface area contributed by atoms with Gasteiger partial charge in [0.05, 0.1) is 11.4 Å². The van der Waals surface area contributed by atoms with Crippen molar-refractivity contribution in [2.45, 2.75) is 46.5 Å². The molecule has 3 N–H and O–H groups in total. The van der Waals surface area contributed by atoms with Crippen molar-refractivity contribution in [3.8, 4) is 11.1 Å². The Labute approximate surface area is 163 Å². The van der Waals surface area contributed by atoms with Crippen LogP contribution in [0.3, 0.4) is 0 Å². The van der Waals surface area contributed by atoms with Gasteiger partial charge in [-0.2, -0.15) is 0 Å². The zero-order valence-electron chi connectivity index (χ0n) is 17.0. The summed E-state index contributed by atoms with van der Waals surface area (Å²) in [6, 6.07) is 21.3. The van der Waals surface area contributed by atoms with Gasteiger partial charge in [0.1, 0.15) is 0 Å². The van der Waals surface area contributed by atoms with Crippen LogP contribution in [0.1, 0.15) is 56.2 Å². The van der Waals surface area contributed by atoms with Gasteiger partial charge in [-0.25, -0.2) is 0 Å². The van der Waals surface area contributed by atoms with Crippen LogP contribution >= 0.6 is 0 Å². The Morgan fingerprint density at radius 2 is 1.30 bits per heavy atom. The number of para-hydroxylation sites is 1. The van der Waals surface area contributed by atoms with Crippen LogP contribution in [0.15, 0.2) is 60.7 Å². The largest absolute Gasteiger partial charge is 0.397 e. The van der Waals surface area contributed by atoms with E-state index < -0.39 is 0 Å². The maximum absolute atomic E-state index is 6.28. The van der Waals surface area contributed by atoms with Gasteiger partial charge in [-0.1, -0.05) is 70.2 Å². The highest BCUT2D eigenvalue weighted by Gasteiger charge is 2.18. The molecule has 0 aliphatic carbocycles. The number of benzene rings is 3. The van der Waals surface area contributed by atoms with Crippen molar-refractivity contribution < 1.29 is 0 Å². The molecule has 140 valence electrons. The number of hydrogen-bond donors (Lipinski definition) is 2. The Hall–Kier alpha value is -2.74. The molecule has 3 rings (SSSR count). The molecule has 0 saturated heterocycles. The minimum absolute atomic E-state index is 0.402. The second kappa shape index (κ2) is 7.87. The summed E-state index contributed by atoms with van der Waals surface area (Å²) in [5, 5.41) is 3.69. The fraction of sp³-hybridized carbons (Fsp3) is 0.280. The molecule has 0 saturated carbocycles. The molecule has 0 fully saturated rings. The Balaban J connectivity index is 2.20. The lowest BCUT2D eigenvalue weighted by atomic mass is 9.88. The molecule has 3 aromatic carbocycles. The van der Waals surface area contributed by atoms with Crippen molar-refractivity contribution in [1.82, 2.24) is 0 Å². The molecule has 0 atom stereocenters. The van der Waals surface area contributed by atoms with Crippen molar-refractivity contribution in [2.75, 3.05) is 11.1 Å². The van der Waals surface area contributed by atoms with Crippen molar-refractivity contribution >= 4 is 17.1 Å². The summed E-state index contributed by atoms with van der Waals surface area (Å²) in [5.74, 6) is 0.804. The summed E-state index contributed by atoms with van der Waals surface area (Å²) in [6.07, 6.45) is 0. The van der Waals surface area contributed by atoms with E-state index in [1.54, 1.807) is 0 Å². The zero-order chi connectivity index (χ0) is 19.6. The van der Waals surface area contributed by atoms with E-state index in [9.17, 15) is 0 Å². The minimum Gasteiger partial charge on any atom is -0.397 e. The van der Waals surface area contributed by atoms with Crippen molar-refractivity contribution in [3.63, 3.8) is 0 Å². The van der Waals surface area contributed by atoms with E-state index >= 15 is 0 Å². The Morgan fingerprint density at radius 3 is 1.81 bits per heavy atom. The maximum atomic E-state index is 6.28. The van der Waals surface area contributed by atoms with E-state index in [1.807, 2.05) is 12.1 Å². The molecule has 0 radical (unpaired) electrons. The summed E-state index contributed by atoms with van der Waals surface area (Å²) < 4.78 is 0. The summed E-state index contributed by atoms with van der Waals surface area (Å²) in [5.41, 5.74) is 15.6. The summed E-state index contributed by atoms with van der Waals surface area (Å²) in [7, 11) is 0. The highest BCUT2D eigenvalue weighted by Crippen LogP contribution is 2.40. The lowest BCUT2D eigenvalue weighted by molar-refractivity contribution is 0.839. The van der Waals surface area contributed by atoms with Crippen molar-refractivity contribution in [1.29, 1.82) is 0 Å². The Morgan fingerprint density at radius 1 is 0.704 bits per heavy atom. The molecule has 0 bridgehead atoms. The second-order valence-electron chi connectivity index (χ2n) is 7.87. The number of nitrogens with one attached hydrogen (secondary N) is 1. The van der Waals surface area contributed by atoms with E-state index in [0.29, 0.717) is 11.8 Å². The third-order valence-corrected chi connectivity index (χ3v) is 5.11. The minimum atomic E-state index is 0.402. The summed E-state index contributed by atoms with van der Waals surface area (Å²) >= 11 is 0. The summed E-state index contributed by atoms with van der Waals surface area (Å²) in [6.45, 7) is 11.1. The average molecular weight is 359 g/mol. The maximum Gasteiger partial charge on any atom is 0.0647 e. The van der Waals surface area contributed by atoms with Gasteiger partial charge in [0.2, 0.25) is 0 Å². The van der Waals surface area contributed by atoms with Gasteiger partial charge in [-0.05, 0) is 64.8 Å². The first kappa shape index (κ1) is 19.0. The number of nitrogens with two attached hydrogens (primary N) is 1. The van der Waals surface area contributed by atoms with Crippen LogP contribution in [0.2, 0.25) is 0 Å². The van der Waals surface area contributed by atoms with Gasteiger partial charge >= 0.3 is 0 Å². The van der Waals surface area contributed by atoms with Gasteiger partial charge < -0.3 is 11.1 Å². The molecule has 27 heavy (non-hydrogen) atoms. The molecule has 2 heteroatoms. The Bertz CT molecular complexity index is 875. The molecular formula is C25H30N2. The van der Waals surface area contributed by atoms with Crippen LogP contribution in [0, 0.1) is 6.92 Å². The van der Waals surface area contributed by atoms with Crippen LogP contribution in [-0.2, 0) is 0 Å². The lowest BCUT2D eigenvalue weighted by Crippen LogP contribution is -2.07. The molecule has 0 spiro atoms. The zero-order valence-corrected chi connectivity index (χ0v) is 17.0. The van der Waals surface area contributed by atoms with Crippen LogP contribution in [0.25, 0.3) is 11.1 Å². The number of anilines is 3. The van der Waals surface area contributed by atoms with E-state index in [-0.39, 0.29) is 0 Å². The smallest absolute Gasteiger partial charge is 0.0647 e. The Kier molecular flexibility index (Phi) is 5.55. The van der Waals surface area contributed by atoms with E-state index in [2.05, 4.69) is 88.5 Å². The molecular weight excluding hydrogens is 328 g/mol. The van der Waals surface area contributed by atoms with E-state index in [0.717, 1.165) is 16.9 Å². The highest BCUT2D eigenvalue weighted by molar-refractivity contribution is 5.81. The predicted octanol–water partition coefficient (Wildman–Crippen LogP) is 7.23. The standard InChI is InChI=1S/C25H30N2/c1-16(2)21-14-20(19-11-7-6-8-12-19)15-22(17(3)4)25(21)27-24-18(5)10-9-13-23(24)26/h6-17,27H,26H2,1-5H3. The van der Waals surface area contributed by atoms with Gasteiger partial charge in [0.25, 0.3) is 0 Å². The molecule has 2 nitrogen and oxygen atoms in total. The predicted molar refractivity (Wildman–Crippen MR) is 119 cm³/mol. The van der Waals surface area contributed by atoms with Crippen molar-refractivity contribution in [3.05, 3.63) is 77.4 Å². The molecule has 0 aromatic heterocycles. The molecule has 3 aromatic rings. The fourth-order valence-corrected chi connectivity index (χ4v) is 3.53. The van der Waals surface area contributed by atoms with Crippen LogP contribution in [0.4, 0.5) is 17.1 Å². The number of aryl methyl sites for hydroxylation is 1. The summed E-state index contributed by atoms with van der Waals surface area (Å²) in [4.78, 5) is 0. The molecule has 0 aliphatic heterocycles. The van der Waals surface area contributed by atoms with Gasteiger partial charge in [0.15, 0.2) is 0 Å². The van der Waals surface area contributed by atoms with Crippen molar-refractivity contribution in [2.24, 2.45) is 0 Å². The van der Waals surface area contributed by atoms with Crippen LogP contribution < -0.4 is 11.1 Å². The van der Waals surface area contributed by atoms with E-state index in [1.165, 1.54) is 27.9 Å². The average Bonchev–Trinajstić information content (AvgIpc) is 2.65. The normalized spacial score (nSPS) is 11.2. The molecule has 0 heterocycles. The first-order chi connectivity index (χ1) is 12.9. The second-order valence-corrected chi connectivity index (χ2v) is 7.87. The van der Waals surface area contributed by atoms with Crippen LogP contribution in [0.5, 0.6) is 0 Å². The molecule has 0 unspecified atom stereocenters. The highest BCUT2D eigenvalue weighted by atomic mass is 14.9. The first-order valence-corrected chi connectivity index (χ1v) is 9.73. The molecule has 0 amide bonds. The lowest BCUT2D eigenvalue weighted by Gasteiger charge is -2.24. The van der Waals surface area contributed by atoms with Crippen LogP contribution in [-0.4, -0.2) is 0 Å². The third kappa shape index (κ3) is 4.00. The van der Waals surface area contributed by atoms with Gasteiger partial charge in [-0.3, -0.25) is 0 Å². The monoisotopic (exact) mass is 358 g/mol.